The van der Waals surface area contributed by atoms with E-state index in [1.54, 1.807) is 36.8 Å². The number of ether oxygens (including phenoxy) is 2. The number of para-hydroxylation sites is 1. The third kappa shape index (κ3) is 4.09. The van der Waals surface area contributed by atoms with Gasteiger partial charge in [0.15, 0.2) is 11.5 Å². The first-order valence-electron chi connectivity index (χ1n) is 11.4. The number of nitrogens with one attached hydrogen (secondary N) is 1. The van der Waals surface area contributed by atoms with Gasteiger partial charge >= 0.3 is 0 Å². The van der Waals surface area contributed by atoms with E-state index in [2.05, 4.69) is 5.32 Å². The summed E-state index contributed by atoms with van der Waals surface area (Å²) < 4.78 is 38.9. The molecule has 0 saturated heterocycles. The molecule has 1 atom stereocenters. The Kier molecular flexibility index (Phi) is 6.12. The van der Waals surface area contributed by atoms with E-state index in [0.717, 1.165) is 41.7 Å². The lowest BCUT2D eigenvalue weighted by atomic mass is 9.89. The lowest BCUT2D eigenvalue weighted by Crippen LogP contribution is -2.24. The molecule has 0 spiro atoms. The Labute approximate surface area is 203 Å². The Bertz CT molecular complexity index is 1320. The van der Waals surface area contributed by atoms with Crippen LogP contribution in [0.4, 0.5) is 5.69 Å². The van der Waals surface area contributed by atoms with E-state index in [-0.39, 0.29) is 34.1 Å². The highest BCUT2D eigenvalue weighted by molar-refractivity contribution is 7.91. The van der Waals surface area contributed by atoms with E-state index in [1.807, 2.05) is 25.1 Å². The van der Waals surface area contributed by atoms with Crippen LogP contribution in [0.3, 0.4) is 0 Å². The van der Waals surface area contributed by atoms with E-state index in [1.165, 1.54) is 11.3 Å². The minimum Gasteiger partial charge on any atom is -0.493 e. The van der Waals surface area contributed by atoms with Crippen LogP contribution in [-0.4, -0.2) is 27.5 Å². The van der Waals surface area contributed by atoms with Gasteiger partial charge in [-0.25, -0.2) is 8.42 Å². The van der Waals surface area contributed by atoms with Gasteiger partial charge in [0.05, 0.1) is 23.8 Å². The summed E-state index contributed by atoms with van der Waals surface area (Å²) in [6.45, 7) is 1.91. The Hall–Kier alpha value is -2.84. The van der Waals surface area contributed by atoms with Gasteiger partial charge < -0.3 is 14.8 Å². The number of aryl methyl sites for hydroxylation is 1. The molecule has 5 rings (SSSR count). The first-order chi connectivity index (χ1) is 16.4. The number of carbonyl (C=O) groups is 1. The summed E-state index contributed by atoms with van der Waals surface area (Å²) in [7, 11) is -2.18. The maximum Gasteiger partial charge on any atom is 0.225 e. The highest BCUT2D eigenvalue weighted by Gasteiger charge is 2.36. The second-order valence-electron chi connectivity index (χ2n) is 8.86. The average molecular weight is 498 g/mol. The van der Waals surface area contributed by atoms with Crippen LogP contribution in [-0.2, 0) is 14.6 Å². The topological polar surface area (TPSA) is 81.7 Å². The summed E-state index contributed by atoms with van der Waals surface area (Å²) in [6.07, 6.45) is 4.59. The van der Waals surface area contributed by atoms with Crippen LogP contribution in [0.5, 0.6) is 11.5 Å². The molecule has 2 aliphatic rings. The summed E-state index contributed by atoms with van der Waals surface area (Å²) in [4.78, 5) is 14.0. The predicted octanol–water partition coefficient (Wildman–Crippen LogP) is 5.69. The maximum atomic E-state index is 13.4. The lowest BCUT2D eigenvalue weighted by Gasteiger charge is -2.27. The summed E-state index contributed by atoms with van der Waals surface area (Å²) in [6, 6.07) is 12.5. The van der Waals surface area contributed by atoms with Crippen molar-refractivity contribution in [3.8, 4) is 11.5 Å². The number of amides is 1. The van der Waals surface area contributed by atoms with Gasteiger partial charge in [0.2, 0.25) is 15.7 Å². The van der Waals surface area contributed by atoms with Crippen LogP contribution in [0.25, 0.3) is 0 Å². The van der Waals surface area contributed by atoms with Gasteiger partial charge in [-0.3, -0.25) is 4.79 Å². The van der Waals surface area contributed by atoms with Crippen LogP contribution in [0.15, 0.2) is 57.6 Å². The Balaban J connectivity index is 1.59. The van der Waals surface area contributed by atoms with E-state index < -0.39 is 9.84 Å². The van der Waals surface area contributed by atoms with Crippen molar-refractivity contribution in [1.82, 2.24) is 0 Å². The fraction of sp³-hybridized carbons (Fsp3) is 0.346. The number of anilines is 1. The second-order valence-corrected chi connectivity index (χ2v) is 11.7. The Morgan fingerprint density at radius 2 is 1.79 bits per heavy atom. The number of sulfone groups is 1. The van der Waals surface area contributed by atoms with Crippen molar-refractivity contribution < 1.29 is 22.7 Å². The molecule has 1 amide bonds. The summed E-state index contributed by atoms with van der Waals surface area (Å²) in [5.41, 5.74) is 2.21. The minimum atomic E-state index is -3.78. The molecule has 1 saturated carbocycles. The van der Waals surface area contributed by atoms with Gasteiger partial charge in [-0.05, 0) is 50.8 Å². The molecule has 1 aromatic heterocycles. The number of hydrogen-bond acceptors (Lipinski definition) is 6. The first-order valence-corrected chi connectivity index (χ1v) is 13.8. The smallest absolute Gasteiger partial charge is 0.225 e. The molecule has 2 aromatic carbocycles. The molecule has 8 heteroatoms. The molecule has 1 aliphatic carbocycles. The van der Waals surface area contributed by atoms with Gasteiger partial charge in [0.25, 0.3) is 0 Å². The summed E-state index contributed by atoms with van der Waals surface area (Å²) in [5.74, 6) is 0.744. The predicted molar refractivity (Wildman–Crippen MR) is 132 cm³/mol. The number of fused-ring (bicyclic) bond motifs is 1. The third-order valence-corrected chi connectivity index (χ3v) is 9.61. The van der Waals surface area contributed by atoms with Crippen LogP contribution >= 0.6 is 11.3 Å². The number of methoxy groups -OCH3 is 1. The molecule has 6 nitrogen and oxygen atoms in total. The minimum absolute atomic E-state index is 0.118. The van der Waals surface area contributed by atoms with Gasteiger partial charge in [0.1, 0.15) is 4.90 Å². The van der Waals surface area contributed by atoms with Gasteiger partial charge in [0, 0.05) is 28.2 Å². The molecule has 34 heavy (non-hydrogen) atoms. The zero-order chi connectivity index (χ0) is 23.9. The van der Waals surface area contributed by atoms with Gasteiger partial charge in [-0.15, -0.1) is 11.3 Å². The lowest BCUT2D eigenvalue weighted by molar-refractivity contribution is -0.116. The monoisotopic (exact) mass is 497 g/mol. The molecule has 0 bridgehead atoms. The van der Waals surface area contributed by atoms with Gasteiger partial charge in [-0.2, -0.15) is 0 Å². The molecule has 1 N–H and O–H groups in total. The quantitative estimate of drug-likeness (QED) is 0.473. The summed E-state index contributed by atoms with van der Waals surface area (Å²) in [5, 5.41) is 4.47. The standard InChI is InChI=1S/C26H27NO5S2/c1-16-10-12-18(13-11-16)34(29,30)22-15-33-26-20(14-23(28)27-24(22)26)19-8-5-9-21(31-2)25(19)32-17-6-3-4-7-17/h5,8-13,15,17,20H,3-4,6-7,14H2,1-2H3,(H,27,28)/t20-/m0/s1. The molecular formula is C26H27NO5S2. The van der Waals surface area contributed by atoms with Crippen molar-refractivity contribution in [2.75, 3.05) is 12.4 Å². The normalized spacial score (nSPS) is 18.4. The van der Waals surface area contributed by atoms with Crippen molar-refractivity contribution in [2.45, 2.75) is 60.8 Å². The fourth-order valence-electron chi connectivity index (χ4n) is 4.76. The molecular weight excluding hydrogens is 470 g/mol. The third-order valence-electron chi connectivity index (χ3n) is 6.57. The van der Waals surface area contributed by atoms with E-state index in [0.29, 0.717) is 17.2 Å². The number of hydrogen-bond donors (Lipinski definition) is 1. The first kappa shape index (κ1) is 22.9. The molecule has 1 aliphatic heterocycles. The van der Waals surface area contributed by atoms with Crippen molar-refractivity contribution in [1.29, 1.82) is 0 Å². The van der Waals surface area contributed by atoms with Crippen molar-refractivity contribution >= 4 is 32.8 Å². The van der Waals surface area contributed by atoms with Crippen molar-refractivity contribution in [3.63, 3.8) is 0 Å². The number of carbonyl (C=O) groups excluding carboxylic acids is 1. The molecule has 0 radical (unpaired) electrons. The molecule has 3 aromatic rings. The maximum absolute atomic E-state index is 13.4. The Morgan fingerprint density at radius 3 is 2.50 bits per heavy atom. The number of thiophene rings is 1. The van der Waals surface area contributed by atoms with Crippen LogP contribution in [0, 0.1) is 6.92 Å². The zero-order valence-electron chi connectivity index (χ0n) is 19.2. The van der Waals surface area contributed by atoms with E-state index in [4.69, 9.17) is 9.47 Å². The Morgan fingerprint density at radius 1 is 1.06 bits per heavy atom. The zero-order valence-corrected chi connectivity index (χ0v) is 20.8. The van der Waals surface area contributed by atoms with Crippen molar-refractivity contribution in [2.24, 2.45) is 0 Å². The number of rotatable bonds is 6. The average Bonchev–Trinajstić information content (AvgIpc) is 3.49. The molecule has 2 heterocycles. The number of benzene rings is 2. The fourth-order valence-corrected chi connectivity index (χ4v) is 7.66. The second kappa shape index (κ2) is 9.07. The highest BCUT2D eigenvalue weighted by atomic mass is 32.2. The van der Waals surface area contributed by atoms with Crippen molar-refractivity contribution in [3.05, 3.63) is 63.8 Å². The van der Waals surface area contributed by atoms with Gasteiger partial charge in [-0.1, -0.05) is 29.8 Å². The van der Waals surface area contributed by atoms with Crippen LogP contribution in [0.2, 0.25) is 0 Å². The largest absolute Gasteiger partial charge is 0.493 e. The molecule has 178 valence electrons. The molecule has 0 unspecified atom stereocenters. The van der Waals surface area contributed by atoms with Crippen LogP contribution in [0.1, 0.15) is 54.0 Å². The SMILES string of the molecule is COc1cccc([C@@H]2CC(=O)Nc3c(S(=O)(=O)c4ccc(C)cc4)csc32)c1OC1CCCC1. The molecule has 1 fully saturated rings. The van der Waals surface area contributed by atoms with Crippen LogP contribution < -0.4 is 14.8 Å². The van der Waals surface area contributed by atoms with E-state index in [9.17, 15) is 13.2 Å². The highest BCUT2D eigenvalue weighted by Crippen LogP contribution is 2.49. The summed E-state index contributed by atoms with van der Waals surface area (Å²) >= 11 is 1.36. The van der Waals surface area contributed by atoms with E-state index >= 15 is 0 Å².